The van der Waals surface area contributed by atoms with Gasteiger partial charge < -0.3 is 10.5 Å². The molecule has 20 heavy (non-hydrogen) atoms. The van der Waals surface area contributed by atoms with Crippen LogP contribution in [0.3, 0.4) is 0 Å². The Morgan fingerprint density at radius 1 is 1.25 bits per heavy atom. The third-order valence-electron chi connectivity index (χ3n) is 2.98. The predicted octanol–water partition coefficient (Wildman–Crippen LogP) is 1.53. The van der Waals surface area contributed by atoms with Gasteiger partial charge in [-0.15, -0.1) is 10.2 Å². The minimum Gasteiger partial charge on any atom is -0.480 e. The molecule has 1 unspecified atom stereocenters. The van der Waals surface area contributed by atoms with Crippen molar-refractivity contribution in [2.24, 2.45) is 5.73 Å². The van der Waals surface area contributed by atoms with Crippen LogP contribution >= 0.6 is 0 Å². The number of nitrogens with zero attached hydrogens (tertiary/aromatic N) is 4. The first-order valence-corrected chi connectivity index (χ1v) is 6.60. The fraction of sp³-hybridized carbons (Fsp3) is 0.429. The lowest BCUT2D eigenvalue weighted by molar-refractivity contribution is 0.392. The molecule has 1 atom stereocenters. The summed E-state index contributed by atoms with van der Waals surface area (Å²) in [4.78, 5) is 8.91. The van der Waals surface area contributed by atoms with Crippen LogP contribution in [0.1, 0.15) is 24.7 Å². The molecule has 0 aromatic carbocycles. The van der Waals surface area contributed by atoms with E-state index in [-0.39, 0.29) is 6.04 Å². The van der Waals surface area contributed by atoms with E-state index in [4.69, 9.17) is 10.5 Å². The molecule has 0 spiro atoms. The van der Waals surface area contributed by atoms with Gasteiger partial charge in [-0.2, -0.15) is 0 Å². The molecule has 6 heteroatoms. The Morgan fingerprint density at radius 2 is 2.05 bits per heavy atom. The van der Waals surface area contributed by atoms with E-state index in [2.05, 4.69) is 27.1 Å². The molecule has 6 nitrogen and oxygen atoms in total. The second-order valence-electron chi connectivity index (χ2n) is 4.66. The minimum atomic E-state index is 0.110. The zero-order valence-electron chi connectivity index (χ0n) is 12.0. The fourth-order valence-electron chi connectivity index (χ4n) is 1.81. The average molecular weight is 273 g/mol. The molecular weight excluding hydrogens is 254 g/mol. The maximum absolute atomic E-state index is 5.98. The van der Waals surface area contributed by atoms with Crippen molar-refractivity contribution in [3.63, 3.8) is 0 Å². The lowest BCUT2D eigenvalue weighted by Gasteiger charge is -2.09. The number of hydrogen-bond donors (Lipinski definition) is 1. The van der Waals surface area contributed by atoms with Crippen LogP contribution in [0.25, 0.3) is 11.5 Å². The van der Waals surface area contributed by atoms with Gasteiger partial charge in [0.2, 0.25) is 5.88 Å². The first-order chi connectivity index (χ1) is 9.62. The van der Waals surface area contributed by atoms with Gasteiger partial charge in [0.05, 0.1) is 7.11 Å². The quantitative estimate of drug-likeness (QED) is 0.889. The monoisotopic (exact) mass is 273 g/mol. The first kappa shape index (κ1) is 14.3. The van der Waals surface area contributed by atoms with Gasteiger partial charge in [-0.3, -0.25) is 0 Å². The second-order valence-corrected chi connectivity index (χ2v) is 4.66. The van der Waals surface area contributed by atoms with Gasteiger partial charge in [-0.25, -0.2) is 9.97 Å². The van der Waals surface area contributed by atoms with Crippen molar-refractivity contribution in [2.75, 3.05) is 7.11 Å². The molecule has 0 amide bonds. The maximum atomic E-state index is 5.98. The Labute approximate surface area is 118 Å². The highest BCUT2D eigenvalue weighted by atomic mass is 16.5. The zero-order chi connectivity index (χ0) is 14.5. The Kier molecular flexibility index (Phi) is 4.57. The molecule has 0 aliphatic rings. The van der Waals surface area contributed by atoms with Crippen LogP contribution in [0.2, 0.25) is 0 Å². The van der Waals surface area contributed by atoms with Crippen molar-refractivity contribution in [3.05, 3.63) is 29.6 Å². The molecule has 2 N–H and O–H groups in total. The van der Waals surface area contributed by atoms with E-state index in [1.165, 1.54) is 0 Å². The number of nitrogens with two attached hydrogens (primary N) is 1. The van der Waals surface area contributed by atoms with Gasteiger partial charge in [0.25, 0.3) is 0 Å². The molecule has 2 heterocycles. The molecule has 0 radical (unpaired) electrons. The third kappa shape index (κ3) is 3.48. The number of hydrogen-bond acceptors (Lipinski definition) is 6. The Morgan fingerprint density at radius 3 is 2.65 bits per heavy atom. The summed E-state index contributed by atoms with van der Waals surface area (Å²) >= 11 is 0. The van der Waals surface area contributed by atoms with Crippen molar-refractivity contribution in [1.82, 2.24) is 20.2 Å². The molecular formula is C14H19N5O. The Balaban J connectivity index is 2.30. The molecule has 0 bridgehead atoms. The molecule has 2 aromatic heterocycles. The van der Waals surface area contributed by atoms with Gasteiger partial charge in [0.1, 0.15) is 5.69 Å². The molecule has 2 rings (SSSR count). The molecule has 0 saturated carbocycles. The van der Waals surface area contributed by atoms with E-state index in [1.807, 2.05) is 13.0 Å². The molecule has 106 valence electrons. The fourth-order valence-corrected chi connectivity index (χ4v) is 1.81. The van der Waals surface area contributed by atoms with E-state index in [1.54, 1.807) is 19.2 Å². The van der Waals surface area contributed by atoms with Crippen molar-refractivity contribution in [2.45, 2.75) is 32.7 Å². The standard InChI is InChI=1S/C14H19N5O/c1-4-10(15)8-11-7-9(2)16-14(17-11)12-5-6-13(20-3)19-18-12/h5-7,10H,4,8,15H2,1-3H3. The van der Waals surface area contributed by atoms with Crippen LogP contribution in [0, 0.1) is 6.92 Å². The topological polar surface area (TPSA) is 86.8 Å². The summed E-state index contributed by atoms with van der Waals surface area (Å²) in [7, 11) is 1.55. The van der Waals surface area contributed by atoms with Gasteiger partial charge in [0, 0.05) is 29.9 Å². The van der Waals surface area contributed by atoms with Gasteiger partial charge in [-0.1, -0.05) is 6.92 Å². The molecule has 0 saturated heterocycles. The highest BCUT2D eigenvalue weighted by molar-refractivity contribution is 5.49. The highest BCUT2D eigenvalue weighted by Crippen LogP contribution is 2.15. The first-order valence-electron chi connectivity index (χ1n) is 6.60. The third-order valence-corrected chi connectivity index (χ3v) is 2.98. The number of rotatable bonds is 5. The summed E-state index contributed by atoms with van der Waals surface area (Å²) in [6.45, 7) is 4.00. The lowest BCUT2D eigenvalue weighted by atomic mass is 10.1. The van der Waals surface area contributed by atoms with Crippen LogP contribution in [0.15, 0.2) is 18.2 Å². The average Bonchev–Trinajstić information content (AvgIpc) is 2.46. The normalized spacial score (nSPS) is 12.2. The van der Waals surface area contributed by atoms with Crippen molar-refractivity contribution >= 4 is 0 Å². The molecule has 0 aliphatic carbocycles. The second kappa shape index (κ2) is 6.38. The van der Waals surface area contributed by atoms with Crippen molar-refractivity contribution < 1.29 is 4.74 Å². The van der Waals surface area contributed by atoms with Gasteiger partial charge >= 0.3 is 0 Å². The van der Waals surface area contributed by atoms with Crippen LogP contribution in [-0.4, -0.2) is 33.3 Å². The summed E-state index contributed by atoms with van der Waals surface area (Å²) in [5.41, 5.74) is 8.43. The predicted molar refractivity (Wildman–Crippen MR) is 76.3 cm³/mol. The lowest BCUT2D eigenvalue weighted by Crippen LogP contribution is -2.22. The van der Waals surface area contributed by atoms with Crippen LogP contribution in [0.4, 0.5) is 0 Å². The number of methoxy groups -OCH3 is 1. The van der Waals surface area contributed by atoms with E-state index >= 15 is 0 Å². The largest absolute Gasteiger partial charge is 0.480 e. The van der Waals surface area contributed by atoms with Crippen molar-refractivity contribution in [3.8, 4) is 17.4 Å². The van der Waals surface area contributed by atoms with Crippen LogP contribution in [-0.2, 0) is 6.42 Å². The van der Waals surface area contributed by atoms with E-state index in [9.17, 15) is 0 Å². The van der Waals surface area contributed by atoms with Crippen molar-refractivity contribution in [1.29, 1.82) is 0 Å². The van der Waals surface area contributed by atoms with E-state index < -0.39 is 0 Å². The number of ether oxygens (including phenoxy) is 1. The SMILES string of the molecule is CCC(N)Cc1cc(C)nc(-c2ccc(OC)nn2)n1. The summed E-state index contributed by atoms with van der Waals surface area (Å²) in [5.74, 6) is 1.04. The Bertz CT molecular complexity index is 570. The smallest absolute Gasteiger partial charge is 0.233 e. The van der Waals surface area contributed by atoms with Gasteiger partial charge in [0.15, 0.2) is 5.82 Å². The summed E-state index contributed by atoms with van der Waals surface area (Å²) < 4.78 is 4.99. The van der Waals surface area contributed by atoms with Crippen LogP contribution in [0.5, 0.6) is 5.88 Å². The Hall–Kier alpha value is -2.08. The van der Waals surface area contributed by atoms with E-state index in [0.29, 0.717) is 17.4 Å². The number of aromatic nitrogens is 4. The van der Waals surface area contributed by atoms with E-state index in [0.717, 1.165) is 24.2 Å². The summed E-state index contributed by atoms with van der Waals surface area (Å²) in [6, 6.07) is 5.60. The molecule has 0 aliphatic heterocycles. The number of aryl methyl sites for hydroxylation is 1. The molecule has 0 fully saturated rings. The zero-order valence-corrected chi connectivity index (χ0v) is 12.0. The molecule has 2 aromatic rings. The maximum Gasteiger partial charge on any atom is 0.233 e. The minimum absolute atomic E-state index is 0.110. The van der Waals surface area contributed by atoms with Gasteiger partial charge in [-0.05, 0) is 25.5 Å². The van der Waals surface area contributed by atoms with Crippen LogP contribution < -0.4 is 10.5 Å². The summed E-state index contributed by atoms with van der Waals surface area (Å²) in [5, 5.41) is 8.00. The highest BCUT2D eigenvalue weighted by Gasteiger charge is 2.09. The summed E-state index contributed by atoms with van der Waals surface area (Å²) in [6.07, 6.45) is 1.65.